The Morgan fingerprint density at radius 1 is 0.897 bits per heavy atom. The van der Waals surface area contributed by atoms with E-state index in [1.54, 1.807) is 31.0 Å². The molecule has 1 saturated carbocycles. The summed E-state index contributed by atoms with van der Waals surface area (Å²) in [4.78, 5) is 42.3. The van der Waals surface area contributed by atoms with Gasteiger partial charge in [0.05, 0.1) is 29.3 Å². The van der Waals surface area contributed by atoms with Crippen molar-refractivity contribution in [3.8, 4) is 33.8 Å². The van der Waals surface area contributed by atoms with Gasteiger partial charge in [-0.1, -0.05) is 25.3 Å². The Kier molecular flexibility index (Phi) is 5.81. The van der Waals surface area contributed by atoms with Gasteiger partial charge in [0.25, 0.3) is 0 Å². The number of carbonyl (C=O) groups excluding carboxylic acids is 1. The van der Waals surface area contributed by atoms with E-state index < -0.39 is 0 Å². The lowest BCUT2D eigenvalue weighted by atomic mass is 9.88. The number of pyridine rings is 4. The van der Waals surface area contributed by atoms with Crippen LogP contribution in [0.1, 0.15) is 32.1 Å². The van der Waals surface area contributed by atoms with E-state index in [9.17, 15) is 4.79 Å². The smallest absolute Gasteiger partial charge is 0.227 e. The third-order valence-electron chi connectivity index (χ3n) is 7.44. The summed E-state index contributed by atoms with van der Waals surface area (Å²) in [5, 5.41) is 4.00. The van der Waals surface area contributed by atoms with Crippen LogP contribution in [0.2, 0.25) is 0 Å². The van der Waals surface area contributed by atoms with E-state index in [2.05, 4.69) is 41.3 Å². The zero-order chi connectivity index (χ0) is 26.2. The molecule has 0 radical (unpaired) electrons. The topological polar surface area (TPSA) is 125 Å². The summed E-state index contributed by atoms with van der Waals surface area (Å²) < 4.78 is 0. The number of rotatable bonds is 5. The summed E-state index contributed by atoms with van der Waals surface area (Å²) in [5.74, 6) is 0.881. The van der Waals surface area contributed by atoms with Crippen molar-refractivity contribution in [3.05, 3.63) is 73.7 Å². The van der Waals surface area contributed by atoms with Crippen LogP contribution >= 0.6 is 0 Å². The SMILES string of the molecule is O=C(Nc1cncc(-c2cnc3[nH]cc(-c4nc5c(-c6ccccn6)cncc5[nH]4)c3c2)c1)C1CCCCC1. The van der Waals surface area contributed by atoms with Gasteiger partial charge in [-0.15, -0.1) is 0 Å². The van der Waals surface area contributed by atoms with E-state index in [1.165, 1.54) is 6.42 Å². The van der Waals surface area contributed by atoms with Gasteiger partial charge in [-0.3, -0.25) is 19.7 Å². The molecule has 0 bridgehead atoms. The van der Waals surface area contributed by atoms with Crippen molar-refractivity contribution in [3.63, 3.8) is 0 Å². The first-order valence-corrected chi connectivity index (χ1v) is 13.2. The Bertz CT molecular complexity index is 1800. The van der Waals surface area contributed by atoms with Crippen LogP contribution in [0.3, 0.4) is 0 Å². The number of amides is 1. The standard InChI is InChI=1S/C30H26N8O/c39-30(18-6-2-1-3-7-18)36-21-10-19(12-31-14-21)20-11-22-23(16-35-28(22)34-13-20)29-37-26-17-32-15-24(27(26)38-29)25-8-4-5-9-33-25/h4-5,8-18H,1-3,6-7H2,(H,34,35)(H,36,39)(H,37,38). The zero-order valence-electron chi connectivity index (χ0n) is 21.2. The number of aromatic amines is 2. The van der Waals surface area contributed by atoms with Crippen LogP contribution in [0, 0.1) is 5.92 Å². The van der Waals surface area contributed by atoms with Gasteiger partial charge >= 0.3 is 0 Å². The van der Waals surface area contributed by atoms with Crippen molar-refractivity contribution >= 4 is 33.7 Å². The average Bonchev–Trinajstić information content (AvgIpc) is 3.62. The molecule has 6 heterocycles. The van der Waals surface area contributed by atoms with E-state index in [0.29, 0.717) is 11.5 Å². The van der Waals surface area contributed by atoms with Crippen molar-refractivity contribution in [2.75, 3.05) is 5.32 Å². The quantitative estimate of drug-likeness (QED) is 0.254. The number of aromatic nitrogens is 7. The molecule has 9 nitrogen and oxygen atoms in total. The molecule has 7 rings (SSSR count). The fourth-order valence-corrected chi connectivity index (χ4v) is 5.40. The lowest BCUT2D eigenvalue weighted by Crippen LogP contribution is -2.24. The highest BCUT2D eigenvalue weighted by Gasteiger charge is 2.21. The molecule has 1 aliphatic rings. The second kappa shape index (κ2) is 9.75. The van der Waals surface area contributed by atoms with Crippen LogP contribution < -0.4 is 5.32 Å². The summed E-state index contributed by atoms with van der Waals surface area (Å²) in [6, 6.07) is 9.82. The van der Waals surface area contributed by atoms with Gasteiger partial charge < -0.3 is 15.3 Å². The van der Waals surface area contributed by atoms with Gasteiger partial charge in [-0.25, -0.2) is 9.97 Å². The van der Waals surface area contributed by atoms with Gasteiger partial charge in [0.1, 0.15) is 17.0 Å². The Morgan fingerprint density at radius 2 is 1.77 bits per heavy atom. The maximum absolute atomic E-state index is 12.8. The molecule has 1 aliphatic carbocycles. The molecule has 9 heteroatoms. The Balaban J connectivity index is 1.23. The molecule has 0 atom stereocenters. The number of H-pyrrole nitrogens is 2. The maximum atomic E-state index is 12.8. The predicted octanol–water partition coefficient (Wildman–Crippen LogP) is 6.14. The fourth-order valence-electron chi connectivity index (χ4n) is 5.40. The number of fused-ring (bicyclic) bond motifs is 2. The minimum atomic E-state index is 0.0830. The summed E-state index contributed by atoms with van der Waals surface area (Å²) in [6.45, 7) is 0. The van der Waals surface area contributed by atoms with Crippen molar-refractivity contribution < 1.29 is 4.79 Å². The molecule has 6 aromatic rings. The zero-order valence-corrected chi connectivity index (χ0v) is 21.2. The van der Waals surface area contributed by atoms with Crippen LogP contribution in [-0.4, -0.2) is 40.8 Å². The van der Waals surface area contributed by atoms with Gasteiger partial charge in [-0.05, 0) is 37.1 Å². The molecule has 0 spiro atoms. The van der Waals surface area contributed by atoms with Crippen LogP contribution in [0.25, 0.3) is 55.8 Å². The second-order valence-corrected chi connectivity index (χ2v) is 9.99. The summed E-state index contributed by atoms with van der Waals surface area (Å²) in [7, 11) is 0. The van der Waals surface area contributed by atoms with E-state index in [-0.39, 0.29) is 11.8 Å². The predicted molar refractivity (Wildman–Crippen MR) is 151 cm³/mol. The molecular weight excluding hydrogens is 488 g/mol. The lowest BCUT2D eigenvalue weighted by molar-refractivity contribution is -0.120. The first kappa shape index (κ1) is 23.2. The minimum absolute atomic E-state index is 0.0830. The molecule has 3 N–H and O–H groups in total. The molecule has 0 aromatic carbocycles. The molecule has 1 fully saturated rings. The highest BCUT2D eigenvalue weighted by Crippen LogP contribution is 2.33. The largest absolute Gasteiger partial charge is 0.345 e. The fraction of sp³-hybridized carbons (Fsp3) is 0.200. The number of carbonyl (C=O) groups is 1. The Labute approximate surface area is 224 Å². The summed E-state index contributed by atoms with van der Waals surface area (Å²) in [6.07, 6.45) is 17.9. The second-order valence-electron chi connectivity index (χ2n) is 9.99. The number of anilines is 1. The van der Waals surface area contributed by atoms with E-state index in [0.717, 1.165) is 75.7 Å². The summed E-state index contributed by atoms with van der Waals surface area (Å²) >= 11 is 0. The average molecular weight is 515 g/mol. The molecule has 39 heavy (non-hydrogen) atoms. The van der Waals surface area contributed by atoms with E-state index in [1.807, 2.05) is 36.7 Å². The Hall–Kier alpha value is -4.92. The first-order valence-electron chi connectivity index (χ1n) is 13.2. The molecule has 1 amide bonds. The number of imidazole rings is 1. The third-order valence-corrected chi connectivity index (χ3v) is 7.44. The van der Waals surface area contributed by atoms with Crippen LogP contribution in [-0.2, 0) is 4.79 Å². The molecular formula is C30H26N8O. The van der Waals surface area contributed by atoms with Crippen LogP contribution in [0.5, 0.6) is 0 Å². The van der Waals surface area contributed by atoms with E-state index >= 15 is 0 Å². The number of nitrogens with one attached hydrogen (secondary N) is 3. The van der Waals surface area contributed by atoms with Crippen LogP contribution in [0.4, 0.5) is 5.69 Å². The van der Waals surface area contributed by atoms with Gasteiger partial charge in [0.2, 0.25) is 5.91 Å². The van der Waals surface area contributed by atoms with Crippen LogP contribution in [0.15, 0.2) is 73.7 Å². The van der Waals surface area contributed by atoms with Gasteiger partial charge in [-0.2, -0.15) is 0 Å². The molecule has 6 aromatic heterocycles. The van der Waals surface area contributed by atoms with Gasteiger partial charge in [0, 0.05) is 64.5 Å². The van der Waals surface area contributed by atoms with Crippen molar-refractivity contribution in [2.45, 2.75) is 32.1 Å². The lowest BCUT2D eigenvalue weighted by Gasteiger charge is -2.20. The molecule has 0 aliphatic heterocycles. The number of hydrogen-bond acceptors (Lipinski definition) is 6. The molecule has 0 saturated heterocycles. The van der Waals surface area contributed by atoms with Crippen molar-refractivity contribution in [2.24, 2.45) is 5.92 Å². The highest BCUT2D eigenvalue weighted by atomic mass is 16.1. The van der Waals surface area contributed by atoms with Crippen molar-refractivity contribution in [1.29, 1.82) is 0 Å². The third kappa shape index (κ3) is 4.41. The normalized spacial score (nSPS) is 14.2. The van der Waals surface area contributed by atoms with Gasteiger partial charge in [0.15, 0.2) is 0 Å². The molecule has 0 unspecified atom stereocenters. The number of nitrogens with zero attached hydrogens (tertiary/aromatic N) is 5. The summed E-state index contributed by atoms with van der Waals surface area (Å²) in [5.41, 5.74) is 7.46. The highest BCUT2D eigenvalue weighted by molar-refractivity contribution is 5.98. The first-order chi connectivity index (χ1) is 19.2. The number of hydrogen-bond donors (Lipinski definition) is 3. The Morgan fingerprint density at radius 3 is 2.64 bits per heavy atom. The van der Waals surface area contributed by atoms with Crippen molar-refractivity contribution in [1.82, 2.24) is 34.9 Å². The maximum Gasteiger partial charge on any atom is 0.227 e. The monoisotopic (exact) mass is 514 g/mol. The minimum Gasteiger partial charge on any atom is -0.345 e. The molecule has 192 valence electrons. The van der Waals surface area contributed by atoms with E-state index in [4.69, 9.17) is 4.98 Å².